The predicted octanol–water partition coefficient (Wildman–Crippen LogP) is 3.50. The molecule has 1 fully saturated rings. The molecular formula is C24H28ClN3O4S. The molecule has 176 valence electrons. The molecule has 2 amide bonds. The number of anilines is 1. The molecule has 2 heterocycles. The number of carbonyl (C=O) groups is 2. The number of nitrogens with one attached hydrogen (secondary N) is 1. The summed E-state index contributed by atoms with van der Waals surface area (Å²) >= 11 is 6.18. The number of halogens is 1. The van der Waals surface area contributed by atoms with Gasteiger partial charge in [0.15, 0.2) is 0 Å². The molecule has 1 saturated heterocycles. The quantitative estimate of drug-likeness (QED) is 0.696. The van der Waals surface area contributed by atoms with E-state index in [-0.39, 0.29) is 29.7 Å². The van der Waals surface area contributed by atoms with Crippen LogP contribution in [0.1, 0.15) is 43.7 Å². The summed E-state index contributed by atoms with van der Waals surface area (Å²) in [7, 11) is -3.62. The lowest BCUT2D eigenvalue weighted by atomic mass is 10.1. The maximum atomic E-state index is 13.2. The van der Waals surface area contributed by atoms with Gasteiger partial charge in [-0.3, -0.25) is 14.5 Å². The van der Waals surface area contributed by atoms with Gasteiger partial charge < -0.3 is 5.32 Å². The smallest absolute Gasteiger partial charge is 0.243 e. The third kappa shape index (κ3) is 4.93. The molecule has 4 rings (SSSR count). The second kappa shape index (κ2) is 9.83. The molecule has 33 heavy (non-hydrogen) atoms. The number of hydrogen-bond acceptors (Lipinski definition) is 4. The van der Waals surface area contributed by atoms with Gasteiger partial charge in [-0.15, -0.1) is 0 Å². The third-order valence-electron chi connectivity index (χ3n) is 6.29. The van der Waals surface area contributed by atoms with Crippen LogP contribution in [0.5, 0.6) is 0 Å². The Kier molecular flexibility index (Phi) is 7.07. The standard InChI is InChI=1S/C24H28ClN3O4S/c1-17(29)28-22-11-10-20(33(31,32)27-12-6-2-3-7-13-27)14-19(22)15-23(28)24(30)26-16-18-8-4-5-9-21(18)25/h4-5,8-11,14,23H,2-3,6-7,12-13,15-16H2,1H3,(H,26,30)/t23-/m0/s1. The van der Waals surface area contributed by atoms with Crippen LogP contribution in [0.15, 0.2) is 47.4 Å². The summed E-state index contributed by atoms with van der Waals surface area (Å²) in [6, 6.07) is 11.3. The fourth-order valence-corrected chi connectivity index (χ4v) is 6.33. The van der Waals surface area contributed by atoms with E-state index in [1.165, 1.54) is 11.8 Å². The molecule has 2 aromatic rings. The van der Waals surface area contributed by atoms with Gasteiger partial charge in [0.2, 0.25) is 21.8 Å². The van der Waals surface area contributed by atoms with Crippen molar-refractivity contribution in [3.63, 3.8) is 0 Å². The van der Waals surface area contributed by atoms with Gasteiger partial charge in [0.1, 0.15) is 6.04 Å². The van der Waals surface area contributed by atoms with Gasteiger partial charge in [0.05, 0.1) is 4.90 Å². The van der Waals surface area contributed by atoms with Crippen molar-refractivity contribution in [3.8, 4) is 0 Å². The highest BCUT2D eigenvalue weighted by Crippen LogP contribution is 2.35. The first-order valence-corrected chi connectivity index (χ1v) is 13.0. The first-order chi connectivity index (χ1) is 15.8. The minimum absolute atomic E-state index is 0.212. The Balaban J connectivity index is 1.55. The highest BCUT2D eigenvalue weighted by Gasteiger charge is 2.38. The molecule has 1 N–H and O–H groups in total. The van der Waals surface area contributed by atoms with Crippen LogP contribution in [0, 0.1) is 0 Å². The summed E-state index contributed by atoms with van der Waals surface area (Å²) in [5, 5.41) is 3.42. The van der Waals surface area contributed by atoms with Gasteiger partial charge in [-0.25, -0.2) is 8.42 Å². The van der Waals surface area contributed by atoms with E-state index in [2.05, 4.69) is 5.32 Å². The van der Waals surface area contributed by atoms with Gasteiger partial charge in [-0.1, -0.05) is 42.6 Å². The van der Waals surface area contributed by atoms with Crippen molar-refractivity contribution >= 4 is 39.1 Å². The number of nitrogens with zero attached hydrogens (tertiary/aromatic N) is 2. The first-order valence-electron chi connectivity index (χ1n) is 11.2. The highest BCUT2D eigenvalue weighted by molar-refractivity contribution is 7.89. The Morgan fingerprint density at radius 2 is 1.76 bits per heavy atom. The zero-order valence-electron chi connectivity index (χ0n) is 18.6. The van der Waals surface area contributed by atoms with E-state index in [4.69, 9.17) is 11.6 Å². The molecule has 0 spiro atoms. The summed E-state index contributed by atoms with van der Waals surface area (Å²) in [6.45, 7) is 2.69. The van der Waals surface area contributed by atoms with Crippen LogP contribution in [0.25, 0.3) is 0 Å². The molecular weight excluding hydrogens is 462 g/mol. The molecule has 1 atom stereocenters. The number of fused-ring (bicyclic) bond motifs is 1. The molecule has 0 aliphatic carbocycles. The minimum atomic E-state index is -3.62. The van der Waals surface area contributed by atoms with Crippen LogP contribution < -0.4 is 10.2 Å². The summed E-state index contributed by atoms with van der Waals surface area (Å²) in [4.78, 5) is 27.1. The van der Waals surface area contributed by atoms with Crippen LogP contribution in [-0.2, 0) is 32.6 Å². The maximum absolute atomic E-state index is 13.2. The number of carbonyl (C=O) groups excluding carboxylic acids is 2. The molecule has 2 aliphatic rings. The maximum Gasteiger partial charge on any atom is 0.243 e. The van der Waals surface area contributed by atoms with Crippen molar-refractivity contribution in [2.24, 2.45) is 0 Å². The van der Waals surface area contributed by atoms with E-state index < -0.39 is 16.1 Å². The number of sulfonamides is 1. The summed E-state index contributed by atoms with van der Waals surface area (Å²) < 4.78 is 28.0. The van der Waals surface area contributed by atoms with E-state index >= 15 is 0 Å². The molecule has 7 nitrogen and oxygen atoms in total. The lowest BCUT2D eigenvalue weighted by molar-refractivity contribution is -0.125. The lowest BCUT2D eigenvalue weighted by Gasteiger charge is -2.24. The monoisotopic (exact) mass is 489 g/mol. The van der Waals surface area contributed by atoms with Crippen molar-refractivity contribution in [2.45, 2.75) is 56.5 Å². The zero-order chi connectivity index (χ0) is 23.6. The molecule has 2 aliphatic heterocycles. The Hall–Kier alpha value is -2.42. The van der Waals surface area contributed by atoms with Crippen LogP contribution in [-0.4, -0.2) is 43.7 Å². The average molecular weight is 490 g/mol. The number of hydrogen-bond donors (Lipinski definition) is 1. The van der Waals surface area contributed by atoms with E-state index in [0.29, 0.717) is 29.4 Å². The van der Waals surface area contributed by atoms with E-state index in [1.54, 1.807) is 28.6 Å². The fraction of sp³-hybridized carbons (Fsp3) is 0.417. The van der Waals surface area contributed by atoms with Crippen LogP contribution in [0.3, 0.4) is 0 Å². The van der Waals surface area contributed by atoms with Gasteiger partial charge in [0.25, 0.3) is 0 Å². The van der Waals surface area contributed by atoms with Crippen molar-refractivity contribution in [1.29, 1.82) is 0 Å². The van der Waals surface area contributed by atoms with E-state index in [0.717, 1.165) is 31.2 Å². The summed E-state index contributed by atoms with van der Waals surface area (Å²) in [5.74, 6) is -0.576. The molecule has 0 aromatic heterocycles. The summed E-state index contributed by atoms with van der Waals surface area (Å²) in [5.41, 5.74) is 2.04. The Morgan fingerprint density at radius 3 is 2.42 bits per heavy atom. The van der Waals surface area contributed by atoms with E-state index in [1.807, 2.05) is 18.2 Å². The van der Waals surface area contributed by atoms with E-state index in [9.17, 15) is 18.0 Å². The lowest BCUT2D eigenvalue weighted by Crippen LogP contribution is -2.47. The Bertz CT molecular complexity index is 1160. The highest BCUT2D eigenvalue weighted by atomic mass is 35.5. The normalized spacial score (nSPS) is 19.1. The second-order valence-electron chi connectivity index (χ2n) is 8.53. The summed E-state index contributed by atoms with van der Waals surface area (Å²) in [6.07, 6.45) is 4.04. The Morgan fingerprint density at radius 1 is 1.06 bits per heavy atom. The van der Waals surface area contributed by atoms with Crippen LogP contribution in [0.4, 0.5) is 5.69 Å². The second-order valence-corrected chi connectivity index (χ2v) is 10.9. The van der Waals surface area contributed by atoms with Crippen molar-refractivity contribution in [3.05, 3.63) is 58.6 Å². The topological polar surface area (TPSA) is 86.8 Å². The largest absolute Gasteiger partial charge is 0.350 e. The molecule has 0 bridgehead atoms. The molecule has 0 saturated carbocycles. The zero-order valence-corrected chi connectivity index (χ0v) is 20.2. The van der Waals surface area contributed by atoms with Gasteiger partial charge >= 0.3 is 0 Å². The number of amides is 2. The van der Waals surface area contributed by atoms with Crippen LogP contribution >= 0.6 is 11.6 Å². The number of rotatable bonds is 5. The molecule has 0 radical (unpaired) electrons. The molecule has 2 aromatic carbocycles. The van der Waals surface area contributed by atoms with Gasteiger partial charge in [-0.05, 0) is 48.2 Å². The van der Waals surface area contributed by atoms with Crippen molar-refractivity contribution in [1.82, 2.24) is 9.62 Å². The van der Waals surface area contributed by atoms with Crippen molar-refractivity contribution < 1.29 is 18.0 Å². The minimum Gasteiger partial charge on any atom is -0.350 e. The van der Waals surface area contributed by atoms with Crippen LogP contribution in [0.2, 0.25) is 5.02 Å². The SMILES string of the molecule is CC(=O)N1c2ccc(S(=O)(=O)N3CCCCCC3)cc2C[C@H]1C(=O)NCc1ccccc1Cl. The molecule has 0 unspecified atom stereocenters. The third-order valence-corrected chi connectivity index (χ3v) is 8.55. The predicted molar refractivity (Wildman–Crippen MR) is 128 cm³/mol. The fourth-order valence-electron chi connectivity index (χ4n) is 4.56. The Labute approximate surface area is 199 Å². The van der Waals surface area contributed by atoms with Crippen molar-refractivity contribution in [2.75, 3.05) is 18.0 Å². The average Bonchev–Trinajstić information content (AvgIpc) is 2.96. The number of benzene rings is 2. The van der Waals surface area contributed by atoms with Gasteiger partial charge in [0, 0.05) is 43.7 Å². The van der Waals surface area contributed by atoms with Gasteiger partial charge in [-0.2, -0.15) is 4.31 Å². The molecule has 9 heteroatoms. The first kappa shape index (κ1) is 23.7.